The number of amides is 1. The van der Waals surface area contributed by atoms with Gasteiger partial charge in [-0.15, -0.1) is 0 Å². The first-order valence-corrected chi connectivity index (χ1v) is 10.0. The van der Waals surface area contributed by atoms with Gasteiger partial charge in [0.25, 0.3) is 5.91 Å². The fourth-order valence-electron chi connectivity index (χ4n) is 2.69. The summed E-state index contributed by atoms with van der Waals surface area (Å²) in [5.41, 5.74) is 0.265. The van der Waals surface area contributed by atoms with Crippen LogP contribution in [0.25, 0.3) is 0 Å². The van der Waals surface area contributed by atoms with Crippen molar-refractivity contribution in [3.8, 4) is 0 Å². The Morgan fingerprint density at radius 1 is 1.07 bits per heavy atom. The van der Waals surface area contributed by atoms with Crippen molar-refractivity contribution in [3.05, 3.63) is 53.3 Å². The lowest BCUT2D eigenvalue weighted by Crippen LogP contribution is -2.51. The highest BCUT2D eigenvalue weighted by Gasteiger charge is 2.30. The minimum absolute atomic E-state index is 0.159. The number of aromatic nitrogens is 1. The van der Waals surface area contributed by atoms with Crippen LogP contribution in [-0.2, 0) is 19.6 Å². The lowest BCUT2D eigenvalue weighted by molar-refractivity contribution is -0.135. The van der Waals surface area contributed by atoms with Gasteiger partial charge in [-0.05, 0) is 36.4 Å². The Hall–Kier alpha value is -2.36. The van der Waals surface area contributed by atoms with Crippen LogP contribution >= 0.6 is 11.6 Å². The maximum absolute atomic E-state index is 12.6. The topological polar surface area (TPSA) is 99.8 Å². The molecule has 0 spiro atoms. The minimum Gasteiger partial charge on any atom is -0.451 e. The fourth-order valence-corrected chi connectivity index (χ4v) is 4.24. The largest absolute Gasteiger partial charge is 0.451 e. The number of nitrogens with zero attached hydrogens (tertiary/aromatic N) is 2. The number of aromatic amines is 1. The Morgan fingerprint density at radius 3 is 2.33 bits per heavy atom. The molecule has 0 saturated carbocycles. The molecule has 0 aliphatic carbocycles. The average molecular weight is 412 g/mol. The van der Waals surface area contributed by atoms with Crippen LogP contribution in [0.1, 0.15) is 10.5 Å². The Bertz CT molecular complexity index is 905. The quantitative estimate of drug-likeness (QED) is 0.749. The van der Waals surface area contributed by atoms with Crippen molar-refractivity contribution in [3.63, 3.8) is 0 Å². The lowest BCUT2D eigenvalue weighted by Gasteiger charge is -2.33. The molecule has 1 N–H and O–H groups in total. The molecule has 2 heterocycles. The van der Waals surface area contributed by atoms with Crippen LogP contribution in [-0.4, -0.2) is 67.3 Å². The molecule has 0 unspecified atom stereocenters. The second-order valence-corrected chi connectivity index (χ2v) is 8.27. The Morgan fingerprint density at radius 2 is 1.74 bits per heavy atom. The zero-order chi connectivity index (χ0) is 19.4. The first-order chi connectivity index (χ1) is 12.9. The van der Waals surface area contributed by atoms with E-state index in [9.17, 15) is 18.0 Å². The van der Waals surface area contributed by atoms with Gasteiger partial charge in [0, 0.05) is 37.4 Å². The zero-order valence-electron chi connectivity index (χ0n) is 14.3. The summed E-state index contributed by atoms with van der Waals surface area (Å²) in [6.07, 6.45) is 1.58. The molecule has 0 bridgehead atoms. The van der Waals surface area contributed by atoms with E-state index in [4.69, 9.17) is 16.3 Å². The van der Waals surface area contributed by atoms with E-state index in [1.165, 1.54) is 33.5 Å². The molecule has 1 aromatic carbocycles. The molecule has 3 rings (SSSR count). The second-order valence-electron chi connectivity index (χ2n) is 5.90. The highest BCUT2D eigenvalue weighted by Crippen LogP contribution is 2.20. The van der Waals surface area contributed by atoms with Crippen molar-refractivity contribution in [2.24, 2.45) is 0 Å². The van der Waals surface area contributed by atoms with Gasteiger partial charge in [0.2, 0.25) is 10.0 Å². The number of rotatable bonds is 5. The molecule has 1 aromatic heterocycles. The number of ether oxygens (including phenoxy) is 1. The number of nitrogens with one attached hydrogen (secondary N) is 1. The number of benzene rings is 1. The van der Waals surface area contributed by atoms with Gasteiger partial charge in [-0.25, -0.2) is 13.2 Å². The molecule has 0 radical (unpaired) electrons. The number of halogens is 1. The predicted octanol–water partition coefficient (Wildman–Crippen LogP) is 1.36. The average Bonchev–Trinajstić information content (AvgIpc) is 3.21. The van der Waals surface area contributed by atoms with Crippen LogP contribution in [0.15, 0.2) is 47.5 Å². The third kappa shape index (κ3) is 4.49. The van der Waals surface area contributed by atoms with Gasteiger partial charge in [0.05, 0.1) is 4.90 Å². The molecular weight excluding hydrogens is 394 g/mol. The van der Waals surface area contributed by atoms with Crippen molar-refractivity contribution in [1.82, 2.24) is 14.2 Å². The molecule has 10 heteroatoms. The molecule has 1 fully saturated rings. The maximum Gasteiger partial charge on any atom is 0.355 e. The third-order valence-electron chi connectivity index (χ3n) is 4.19. The Balaban J connectivity index is 1.53. The van der Waals surface area contributed by atoms with Crippen molar-refractivity contribution < 1.29 is 22.7 Å². The summed E-state index contributed by atoms with van der Waals surface area (Å²) in [6.45, 7) is 0.405. The van der Waals surface area contributed by atoms with Crippen molar-refractivity contribution in [1.29, 1.82) is 0 Å². The smallest absolute Gasteiger partial charge is 0.355 e. The number of H-pyrrole nitrogens is 1. The summed E-state index contributed by atoms with van der Waals surface area (Å²) in [5, 5.41) is 0.457. The van der Waals surface area contributed by atoms with E-state index in [1.807, 2.05) is 0 Å². The van der Waals surface area contributed by atoms with Crippen molar-refractivity contribution in [2.45, 2.75) is 4.90 Å². The number of hydrogen-bond acceptors (Lipinski definition) is 5. The van der Waals surface area contributed by atoms with E-state index in [0.717, 1.165) is 0 Å². The van der Waals surface area contributed by atoms with Gasteiger partial charge in [0.15, 0.2) is 6.61 Å². The summed E-state index contributed by atoms with van der Waals surface area (Å²) in [4.78, 5) is 28.3. The minimum atomic E-state index is -3.64. The maximum atomic E-state index is 12.6. The van der Waals surface area contributed by atoms with Gasteiger partial charge in [0.1, 0.15) is 5.69 Å². The Labute approximate surface area is 161 Å². The summed E-state index contributed by atoms with van der Waals surface area (Å²) in [7, 11) is -3.64. The zero-order valence-corrected chi connectivity index (χ0v) is 15.9. The van der Waals surface area contributed by atoms with E-state index in [2.05, 4.69) is 4.98 Å². The standard InChI is InChI=1S/C17H18ClN3O5S/c18-13-3-5-14(6-4-13)27(24,25)21-10-8-20(9-11-21)16(22)12-26-17(23)15-2-1-7-19-15/h1-7,19H,8-12H2. The van der Waals surface area contributed by atoms with Crippen LogP contribution in [0, 0.1) is 0 Å². The van der Waals surface area contributed by atoms with E-state index in [1.54, 1.807) is 18.3 Å². The highest BCUT2D eigenvalue weighted by atomic mass is 35.5. The molecule has 0 atom stereocenters. The summed E-state index contributed by atoms with van der Waals surface area (Å²) < 4.78 is 31.6. The van der Waals surface area contributed by atoms with Crippen LogP contribution < -0.4 is 0 Å². The number of piperazine rings is 1. The van der Waals surface area contributed by atoms with Gasteiger partial charge >= 0.3 is 5.97 Å². The predicted molar refractivity (Wildman–Crippen MR) is 97.9 cm³/mol. The molecule has 1 amide bonds. The fraction of sp³-hybridized carbons (Fsp3) is 0.294. The third-order valence-corrected chi connectivity index (χ3v) is 6.35. The summed E-state index contributed by atoms with van der Waals surface area (Å²) >= 11 is 5.80. The molecule has 2 aromatic rings. The summed E-state index contributed by atoms with van der Waals surface area (Å²) in [5.74, 6) is -0.976. The number of esters is 1. The van der Waals surface area contributed by atoms with Crippen molar-refractivity contribution >= 4 is 33.5 Å². The molecule has 27 heavy (non-hydrogen) atoms. The Kier molecular flexibility index (Phi) is 5.83. The van der Waals surface area contributed by atoms with Crippen LogP contribution in [0.3, 0.4) is 0 Å². The van der Waals surface area contributed by atoms with Gasteiger partial charge in [-0.2, -0.15) is 4.31 Å². The molecule has 1 aliphatic heterocycles. The van der Waals surface area contributed by atoms with E-state index in [0.29, 0.717) is 5.02 Å². The highest BCUT2D eigenvalue weighted by molar-refractivity contribution is 7.89. The second kappa shape index (κ2) is 8.12. The van der Waals surface area contributed by atoms with Crippen LogP contribution in [0.5, 0.6) is 0 Å². The first kappa shape index (κ1) is 19.4. The normalized spacial score (nSPS) is 15.5. The van der Waals surface area contributed by atoms with E-state index >= 15 is 0 Å². The monoisotopic (exact) mass is 411 g/mol. The number of hydrogen-bond donors (Lipinski definition) is 1. The lowest BCUT2D eigenvalue weighted by atomic mass is 10.3. The van der Waals surface area contributed by atoms with Gasteiger partial charge in [-0.1, -0.05) is 11.6 Å². The number of sulfonamides is 1. The molecule has 144 valence electrons. The molecular formula is C17H18ClN3O5S. The first-order valence-electron chi connectivity index (χ1n) is 8.22. The van der Waals surface area contributed by atoms with Crippen molar-refractivity contribution in [2.75, 3.05) is 32.8 Å². The van der Waals surface area contributed by atoms with E-state index < -0.39 is 16.0 Å². The molecule has 1 saturated heterocycles. The van der Waals surface area contributed by atoms with E-state index in [-0.39, 0.29) is 49.3 Å². The summed E-state index contributed by atoms with van der Waals surface area (Å²) in [6, 6.07) is 9.15. The van der Waals surface area contributed by atoms with Crippen LogP contribution in [0.2, 0.25) is 5.02 Å². The SMILES string of the molecule is O=C(OCC(=O)N1CCN(S(=O)(=O)c2ccc(Cl)cc2)CC1)c1ccc[nH]1. The van der Waals surface area contributed by atoms with Crippen LogP contribution in [0.4, 0.5) is 0 Å². The van der Waals surface area contributed by atoms with Gasteiger partial charge in [-0.3, -0.25) is 4.79 Å². The molecule has 1 aliphatic rings. The number of carbonyl (C=O) groups is 2. The van der Waals surface area contributed by atoms with Gasteiger partial charge < -0.3 is 14.6 Å². The molecule has 8 nitrogen and oxygen atoms in total. The number of carbonyl (C=O) groups excluding carboxylic acids is 2.